The Morgan fingerprint density at radius 3 is 1.53 bits per heavy atom. The van der Waals surface area contributed by atoms with Crippen molar-refractivity contribution < 1.29 is 18.1 Å². The van der Waals surface area contributed by atoms with Crippen LogP contribution < -0.4 is 23.8 Å². The second kappa shape index (κ2) is 21.9. The molecule has 0 fully saturated rings. The number of anilines is 3. The number of unbranched alkanes of at least 4 members (excludes halogenated alkanes) is 6. The van der Waals surface area contributed by atoms with Gasteiger partial charge in [0.2, 0.25) is 5.52 Å². The number of rotatable bonds is 21. The van der Waals surface area contributed by atoms with E-state index >= 15 is 0 Å². The number of fused-ring (bicyclic) bond motifs is 4. The van der Waals surface area contributed by atoms with E-state index in [2.05, 4.69) is 215 Å². The summed E-state index contributed by atoms with van der Waals surface area (Å²) in [5.74, 6) is 1.32. The van der Waals surface area contributed by atoms with E-state index in [9.17, 15) is 0 Å². The molecule has 4 aromatic carbocycles. The molecule has 1 unspecified atom stereocenters. The molecule has 0 amide bonds. The Morgan fingerprint density at radius 1 is 0.559 bits per heavy atom. The normalized spacial score (nSPS) is 15.6. The van der Waals surface area contributed by atoms with E-state index in [4.69, 9.17) is 0 Å². The highest BCUT2D eigenvalue weighted by Gasteiger charge is 2.37. The Labute approximate surface area is 417 Å². The highest BCUT2D eigenvalue weighted by atomic mass is 32.2. The van der Waals surface area contributed by atoms with Gasteiger partial charge in [-0.3, -0.25) is 4.90 Å². The summed E-state index contributed by atoms with van der Waals surface area (Å²) in [6, 6.07) is 41.2. The Balaban J connectivity index is 1.34. The molecule has 9 heteroatoms. The first kappa shape index (κ1) is 49.6. The van der Waals surface area contributed by atoms with Crippen molar-refractivity contribution in [3.8, 4) is 0 Å². The van der Waals surface area contributed by atoms with Gasteiger partial charge in [-0.2, -0.15) is 9.13 Å². The standard InChI is InChI=1S/C59H79N7S2/c1-11-12-13-14-15-16-17-36-56(63-45(2)41-46(48-28-18-20-30-50(48)63)43-58-60(3)52-32-22-24-34-54(52)67-58)64-51-31-21-19-29-49(51)47(44-59-61(4)53-33-23-25-35-55(53)68-59)42-57(64)62(37-26-39-65(5,6)7)38-27-40-66(8,9)10/h18-25,28-35,41-44,56H,11-17,26-27,36-40H2,1-10H3/q+4. The summed E-state index contributed by atoms with van der Waals surface area (Å²) in [6.45, 7) is 8.90. The number of nitrogens with zero attached hydrogens (tertiary/aromatic N) is 7. The average Bonchev–Trinajstić information content (AvgIpc) is 3.80. The second-order valence-electron chi connectivity index (χ2n) is 21.3. The quantitative estimate of drug-likeness (QED) is 0.0405. The van der Waals surface area contributed by atoms with Crippen LogP contribution in [0, 0.1) is 6.92 Å². The van der Waals surface area contributed by atoms with Gasteiger partial charge in [-0.05, 0) is 66.1 Å². The fraction of sp³-hybridized carbons (Fsp3) is 0.424. The molecule has 0 saturated heterocycles. The van der Waals surface area contributed by atoms with Gasteiger partial charge in [-0.1, -0.05) is 124 Å². The van der Waals surface area contributed by atoms with Gasteiger partial charge in [-0.15, -0.1) is 0 Å². The molecule has 0 N–H and O–H groups in total. The maximum absolute atomic E-state index is 2.79. The lowest BCUT2D eigenvalue weighted by Gasteiger charge is -2.28. The van der Waals surface area contributed by atoms with Crippen LogP contribution in [0.2, 0.25) is 0 Å². The largest absolute Gasteiger partial charge is 0.338 e. The van der Waals surface area contributed by atoms with E-state index < -0.39 is 0 Å². The van der Waals surface area contributed by atoms with Crippen molar-refractivity contribution in [1.29, 1.82) is 0 Å². The van der Waals surface area contributed by atoms with Crippen LogP contribution in [0.15, 0.2) is 129 Å². The van der Waals surface area contributed by atoms with Gasteiger partial charge in [0.25, 0.3) is 12.0 Å². The van der Waals surface area contributed by atoms with Gasteiger partial charge in [0.15, 0.2) is 5.69 Å². The smallest absolute Gasteiger partial charge is 0.300 e. The molecular weight excluding hydrogens is 871 g/mol. The number of quaternary nitrogens is 2. The van der Waals surface area contributed by atoms with Crippen LogP contribution in [0.3, 0.4) is 0 Å². The Bertz CT molecular complexity index is 2740. The molecule has 68 heavy (non-hydrogen) atoms. The third-order valence-electron chi connectivity index (χ3n) is 13.8. The van der Waals surface area contributed by atoms with Gasteiger partial charge in [0.05, 0.1) is 102 Å². The minimum absolute atomic E-state index is 0.0405. The maximum atomic E-state index is 2.79. The van der Waals surface area contributed by atoms with Crippen molar-refractivity contribution in [3.05, 3.63) is 136 Å². The first-order valence-corrected chi connectivity index (χ1v) is 27.1. The molecule has 1 atom stereocenters. The summed E-state index contributed by atoms with van der Waals surface area (Å²) in [4.78, 5) is 10.1. The Morgan fingerprint density at radius 2 is 1.01 bits per heavy atom. The summed E-state index contributed by atoms with van der Waals surface area (Å²) >= 11 is 3.76. The molecule has 0 saturated carbocycles. The van der Waals surface area contributed by atoms with E-state index in [0.717, 1.165) is 54.4 Å². The highest BCUT2D eigenvalue weighted by Crippen LogP contribution is 2.47. The van der Waals surface area contributed by atoms with Crippen LogP contribution in [-0.4, -0.2) is 91.5 Å². The number of pyridine rings is 2. The summed E-state index contributed by atoms with van der Waals surface area (Å²) in [5, 5.41) is 5.10. The molecule has 0 aliphatic carbocycles. The minimum Gasteiger partial charge on any atom is -0.338 e. The fourth-order valence-electron chi connectivity index (χ4n) is 10.2. The van der Waals surface area contributed by atoms with Crippen molar-refractivity contribution in [2.24, 2.45) is 0 Å². The number of hydrogen-bond donors (Lipinski definition) is 0. The number of para-hydroxylation sites is 4. The van der Waals surface area contributed by atoms with E-state index in [1.54, 1.807) is 0 Å². The number of aryl methyl sites for hydroxylation is 1. The zero-order valence-corrected chi connectivity index (χ0v) is 44.6. The molecule has 358 valence electrons. The molecule has 0 bridgehead atoms. The molecule has 2 aliphatic heterocycles. The third-order valence-corrected chi connectivity index (χ3v) is 16.2. The first-order valence-electron chi connectivity index (χ1n) is 25.4. The van der Waals surface area contributed by atoms with Crippen molar-refractivity contribution in [3.63, 3.8) is 0 Å². The highest BCUT2D eigenvalue weighted by molar-refractivity contribution is 8.04. The van der Waals surface area contributed by atoms with Crippen LogP contribution >= 0.6 is 23.5 Å². The second-order valence-corrected chi connectivity index (χ2v) is 23.4. The topological polar surface area (TPSA) is 17.5 Å². The number of benzene rings is 4. The van der Waals surface area contributed by atoms with Crippen molar-refractivity contribution in [2.75, 3.05) is 97.3 Å². The SMILES string of the molecule is CCCCCCCCCC([n+]1c(C)cc(/C=C2/Sc3ccccc3N2C)c2ccccc21)[n+]1c(N(CCC[N+](C)(C)C)CCC[N+](C)(C)C)cc(/C=C2/Sc3ccccc3N2C)c2ccccc21. The average molecular weight is 950 g/mol. The van der Waals surface area contributed by atoms with Crippen LogP contribution in [0.4, 0.5) is 17.2 Å². The molecular formula is C59H79N7S2+4. The zero-order chi connectivity index (χ0) is 48.0. The van der Waals surface area contributed by atoms with E-state index in [0.29, 0.717) is 0 Å². The summed E-state index contributed by atoms with van der Waals surface area (Å²) < 4.78 is 7.42. The van der Waals surface area contributed by atoms with Gasteiger partial charge < -0.3 is 18.8 Å². The van der Waals surface area contributed by atoms with Gasteiger partial charge in [-0.25, -0.2) is 0 Å². The van der Waals surface area contributed by atoms with Gasteiger partial charge in [0.1, 0.15) is 5.52 Å². The molecule has 7 nitrogen and oxygen atoms in total. The van der Waals surface area contributed by atoms with Gasteiger partial charge in [0, 0.05) is 67.2 Å². The molecule has 8 rings (SSSR count). The lowest BCUT2D eigenvalue weighted by molar-refractivity contribution is -0.920. The van der Waals surface area contributed by atoms with Crippen molar-refractivity contribution in [1.82, 2.24) is 0 Å². The predicted octanol–water partition coefficient (Wildman–Crippen LogP) is 13.1. The number of aromatic nitrogens is 2. The lowest BCUT2D eigenvalue weighted by atomic mass is 10.0. The van der Waals surface area contributed by atoms with E-state index in [1.807, 2.05) is 23.5 Å². The minimum atomic E-state index is 0.0405. The van der Waals surface area contributed by atoms with E-state index in [1.165, 1.54) is 121 Å². The van der Waals surface area contributed by atoms with Gasteiger partial charge >= 0.3 is 0 Å². The lowest BCUT2D eigenvalue weighted by Crippen LogP contribution is -2.61. The third kappa shape index (κ3) is 11.6. The predicted molar refractivity (Wildman–Crippen MR) is 295 cm³/mol. The monoisotopic (exact) mass is 950 g/mol. The maximum Gasteiger partial charge on any atom is 0.300 e. The Kier molecular flexibility index (Phi) is 16.0. The van der Waals surface area contributed by atoms with Crippen molar-refractivity contribution >= 4 is 74.7 Å². The van der Waals surface area contributed by atoms with Crippen LogP contribution in [0.1, 0.15) is 94.1 Å². The molecule has 2 aliphatic rings. The molecule has 6 aromatic rings. The number of hydrogen-bond acceptors (Lipinski definition) is 5. The zero-order valence-electron chi connectivity index (χ0n) is 43.0. The van der Waals surface area contributed by atoms with Crippen LogP contribution in [-0.2, 0) is 0 Å². The summed E-state index contributed by atoms with van der Waals surface area (Å²) in [5.41, 5.74) is 8.95. The molecule has 0 radical (unpaired) electrons. The number of thioether (sulfide) groups is 2. The summed E-state index contributed by atoms with van der Waals surface area (Å²) in [7, 11) is 18.4. The van der Waals surface area contributed by atoms with E-state index in [-0.39, 0.29) is 6.17 Å². The summed E-state index contributed by atoms with van der Waals surface area (Å²) in [6.07, 6.45) is 17.2. The molecule has 2 aromatic heterocycles. The van der Waals surface area contributed by atoms with Crippen LogP contribution in [0.5, 0.6) is 0 Å². The molecule has 0 spiro atoms. The van der Waals surface area contributed by atoms with Crippen molar-refractivity contribution in [2.45, 2.75) is 94.0 Å². The van der Waals surface area contributed by atoms with Crippen LogP contribution in [0.25, 0.3) is 34.0 Å². The first-order chi connectivity index (χ1) is 32.7. The molecule has 4 heterocycles. The fourth-order valence-corrected chi connectivity index (χ4v) is 12.5. The Hall–Kier alpha value is -4.80.